The number of piperidine rings is 1. The summed E-state index contributed by atoms with van der Waals surface area (Å²) in [6.45, 7) is 1.44. The molecule has 1 aliphatic rings. The van der Waals surface area contributed by atoms with Gasteiger partial charge >= 0.3 is 0 Å². The van der Waals surface area contributed by atoms with Crippen molar-refractivity contribution >= 4 is 49.3 Å². The lowest BCUT2D eigenvalue weighted by Gasteiger charge is -2.27. The summed E-state index contributed by atoms with van der Waals surface area (Å²) < 4.78 is 28.9. The fourth-order valence-electron chi connectivity index (χ4n) is 3.04. The molecule has 0 saturated carbocycles. The maximum absolute atomic E-state index is 13.0. The third kappa shape index (κ3) is 4.67. The van der Waals surface area contributed by atoms with Crippen LogP contribution in [0.2, 0.25) is 0 Å². The molecule has 1 fully saturated rings. The van der Waals surface area contributed by atoms with Crippen LogP contribution in [0.4, 0.5) is 5.69 Å². The summed E-state index contributed by atoms with van der Waals surface area (Å²) in [6.07, 6.45) is 4.99. The number of thioether (sulfide) groups is 1. The van der Waals surface area contributed by atoms with Crippen LogP contribution in [0.25, 0.3) is 0 Å². The minimum absolute atomic E-state index is 0.0800. The molecular formula is C19H21BrN2O3S2. The summed E-state index contributed by atoms with van der Waals surface area (Å²) in [7, 11) is -3.81. The molecule has 0 aliphatic carbocycles. The van der Waals surface area contributed by atoms with Crippen LogP contribution in [0.1, 0.15) is 29.6 Å². The molecule has 144 valence electrons. The molecule has 1 N–H and O–H groups in total. The van der Waals surface area contributed by atoms with E-state index in [0.29, 0.717) is 15.7 Å². The molecule has 27 heavy (non-hydrogen) atoms. The lowest BCUT2D eigenvalue weighted by molar-refractivity contribution is 0.0720. The van der Waals surface area contributed by atoms with E-state index >= 15 is 0 Å². The fraction of sp³-hybridized carbons (Fsp3) is 0.316. The van der Waals surface area contributed by atoms with Crippen molar-refractivity contribution in [2.45, 2.75) is 29.1 Å². The zero-order chi connectivity index (χ0) is 19.4. The van der Waals surface area contributed by atoms with Crippen molar-refractivity contribution in [1.82, 2.24) is 4.90 Å². The number of sulfonamides is 1. The molecule has 0 bridgehead atoms. The van der Waals surface area contributed by atoms with E-state index in [1.54, 1.807) is 24.3 Å². The number of amides is 1. The van der Waals surface area contributed by atoms with Crippen molar-refractivity contribution in [3.63, 3.8) is 0 Å². The number of rotatable bonds is 5. The second-order valence-corrected chi connectivity index (χ2v) is 9.69. The largest absolute Gasteiger partial charge is 0.339 e. The normalized spacial score (nSPS) is 14.8. The highest BCUT2D eigenvalue weighted by molar-refractivity contribution is 9.10. The highest BCUT2D eigenvalue weighted by atomic mass is 79.9. The lowest BCUT2D eigenvalue weighted by Crippen LogP contribution is -2.36. The Morgan fingerprint density at radius 1 is 1.11 bits per heavy atom. The second-order valence-electron chi connectivity index (χ2n) is 6.30. The maximum Gasteiger partial charge on any atom is 0.261 e. The molecule has 5 nitrogen and oxygen atoms in total. The van der Waals surface area contributed by atoms with Crippen molar-refractivity contribution in [3.05, 3.63) is 52.5 Å². The van der Waals surface area contributed by atoms with Gasteiger partial charge in [0, 0.05) is 22.5 Å². The van der Waals surface area contributed by atoms with Crippen LogP contribution < -0.4 is 4.72 Å². The Labute approximate surface area is 172 Å². The first-order valence-corrected chi connectivity index (χ1v) is 12.2. The van der Waals surface area contributed by atoms with Crippen molar-refractivity contribution in [3.8, 4) is 0 Å². The standard InChI is InChI=1S/C19H21BrN2O3S2/c1-26-18-10-9-14(13-15(18)19(23)22-11-5-2-6-12-22)27(24,25)21-17-8-4-3-7-16(17)20/h3-4,7-10,13,21H,2,5-6,11-12H2,1H3. The number of hydrogen-bond acceptors (Lipinski definition) is 4. The van der Waals surface area contributed by atoms with Crippen LogP contribution in [0, 0.1) is 0 Å². The molecule has 1 amide bonds. The molecule has 0 atom stereocenters. The van der Waals surface area contributed by atoms with Gasteiger partial charge in [0.05, 0.1) is 16.1 Å². The van der Waals surface area contributed by atoms with Crippen molar-refractivity contribution < 1.29 is 13.2 Å². The van der Waals surface area contributed by atoms with E-state index < -0.39 is 10.0 Å². The molecule has 0 radical (unpaired) electrons. The number of likely N-dealkylation sites (tertiary alicyclic amines) is 1. The van der Waals surface area contributed by atoms with Crippen LogP contribution >= 0.6 is 27.7 Å². The van der Waals surface area contributed by atoms with E-state index in [1.165, 1.54) is 23.9 Å². The summed E-state index contributed by atoms with van der Waals surface area (Å²) >= 11 is 4.79. The molecule has 2 aromatic rings. The smallest absolute Gasteiger partial charge is 0.261 e. The van der Waals surface area contributed by atoms with Gasteiger partial charge in [-0.1, -0.05) is 12.1 Å². The summed E-state index contributed by atoms with van der Waals surface area (Å²) in [4.78, 5) is 15.6. The Hall–Kier alpha value is -1.51. The number of nitrogens with one attached hydrogen (secondary N) is 1. The molecule has 0 spiro atoms. The number of para-hydroxylation sites is 1. The molecule has 1 saturated heterocycles. The van der Waals surface area contributed by atoms with E-state index in [2.05, 4.69) is 20.7 Å². The Kier molecular flexibility index (Phi) is 6.49. The first-order valence-electron chi connectivity index (χ1n) is 8.67. The zero-order valence-corrected chi connectivity index (χ0v) is 18.2. The van der Waals surface area contributed by atoms with Gasteiger partial charge < -0.3 is 4.90 Å². The van der Waals surface area contributed by atoms with Gasteiger partial charge in [-0.3, -0.25) is 9.52 Å². The number of nitrogens with zero attached hydrogens (tertiary/aromatic N) is 1. The third-order valence-corrected chi connectivity index (χ3v) is 7.32. The quantitative estimate of drug-likeness (QED) is 0.651. The summed E-state index contributed by atoms with van der Waals surface area (Å²) in [5.74, 6) is -0.100. The Bertz CT molecular complexity index is 942. The van der Waals surface area contributed by atoms with E-state index in [1.807, 2.05) is 17.2 Å². The minimum Gasteiger partial charge on any atom is -0.339 e. The Morgan fingerprint density at radius 3 is 2.48 bits per heavy atom. The van der Waals surface area contributed by atoms with Gasteiger partial charge in [-0.05, 0) is 71.8 Å². The van der Waals surface area contributed by atoms with E-state index in [4.69, 9.17) is 0 Å². The molecule has 8 heteroatoms. The van der Waals surface area contributed by atoms with E-state index in [9.17, 15) is 13.2 Å². The van der Waals surface area contributed by atoms with Gasteiger partial charge in [0.1, 0.15) is 0 Å². The highest BCUT2D eigenvalue weighted by Gasteiger charge is 2.24. The minimum atomic E-state index is -3.81. The molecule has 1 aliphatic heterocycles. The molecule has 1 heterocycles. The Morgan fingerprint density at radius 2 is 1.81 bits per heavy atom. The fourth-order valence-corrected chi connectivity index (χ4v) is 5.23. The van der Waals surface area contributed by atoms with Gasteiger partial charge in [-0.25, -0.2) is 8.42 Å². The number of anilines is 1. The van der Waals surface area contributed by atoms with Crippen LogP contribution in [0.3, 0.4) is 0 Å². The number of hydrogen-bond donors (Lipinski definition) is 1. The SMILES string of the molecule is CSc1ccc(S(=O)(=O)Nc2ccccc2Br)cc1C(=O)N1CCCCC1. The third-order valence-electron chi connectivity index (χ3n) is 4.47. The summed E-state index contributed by atoms with van der Waals surface area (Å²) in [6, 6.07) is 11.7. The molecule has 0 unspecified atom stereocenters. The van der Waals surface area contributed by atoms with Gasteiger partial charge in [-0.15, -0.1) is 11.8 Å². The number of benzene rings is 2. The van der Waals surface area contributed by atoms with Crippen LogP contribution in [0.15, 0.2) is 56.7 Å². The maximum atomic E-state index is 13.0. The highest BCUT2D eigenvalue weighted by Crippen LogP contribution is 2.28. The van der Waals surface area contributed by atoms with Gasteiger partial charge in [0.2, 0.25) is 0 Å². The molecular weight excluding hydrogens is 448 g/mol. The molecule has 0 aromatic heterocycles. The topological polar surface area (TPSA) is 66.5 Å². The predicted octanol–water partition coefficient (Wildman–Crippen LogP) is 4.60. The molecule has 2 aromatic carbocycles. The van der Waals surface area contributed by atoms with E-state index in [-0.39, 0.29) is 10.8 Å². The van der Waals surface area contributed by atoms with Gasteiger partial charge in [0.25, 0.3) is 15.9 Å². The average Bonchev–Trinajstić information content (AvgIpc) is 2.69. The summed E-state index contributed by atoms with van der Waals surface area (Å²) in [5, 5.41) is 0. The lowest BCUT2D eigenvalue weighted by atomic mass is 10.1. The first kappa shape index (κ1) is 20.2. The summed E-state index contributed by atoms with van der Waals surface area (Å²) in [5.41, 5.74) is 0.898. The average molecular weight is 469 g/mol. The van der Waals surface area contributed by atoms with Crippen LogP contribution in [-0.4, -0.2) is 38.6 Å². The van der Waals surface area contributed by atoms with Crippen molar-refractivity contribution in [2.24, 2.45) is 0 Å². The number of carbonyl (C=O) groups excluding carboxylic acids is 1. The monoisotopic (exact) mass is 468 g/mol. The van der Waals surface area contributed by atoms with E-state index in [0.717, 1.165) is 37.2 Å². The number of carbonyl (C=O) groups is 1. The molecule has 3 rings (SSSR count). The van der Waals surface area contributed by atoms with Gasteiger partial charge in [0.15, 0.2) is 0 Å². The predicted molar refractivity (Wildman–Crippen MR) is 113 cm³/mol. The first-order chi connectivity index (χ1) is 12.9. The van der Waals surface area contributed by atoms with Crippen molar-refractivity contribution in [1.29, 1.82) is 0 Å². The van der Waals surface area contributed by atoms with Crippen molar-refractivity contribution in [2.75, 3.05) is 24.1 Å². The van der Waals surface area contributed by atoms with Crippen LogP contribution in [0.5, 0.6) is 0 Å². The number of halogens is 1. The van der Waals surface area contributed by atoms with Crippen LogP contribution in [-0.2, 0) is 10.0 Å². The second kappa shape index (κ2) is 8.67. The Balaban J connectivity index is 1.94. The van der Waals surface area contributed by atoms with Gasteiger partial charge in [-0.2, -0.15) is 0 Å². The zero-order valence-electron chi connectivity index (χ0n) is 14.9.